The zero-order valence-electron chi connectivity index (χ0n) is 9.17. The number of benzene rings is 1. The van der Waals surface area contributed by atoms with E-state index < -0.39 is 0 Å². The number of fused-ring (bicyclic) bond motifs is 1. The van der Waals surface area contributed by atoms with E-state index in [1.165, 1.54) is 5.56 Å². The molecule has 1 aliphatic carbocycles. The molecule has 0 saturated carbocycles. The molecule has 0 fully saturated rings. The van der Waals surface area contributed by atoms with Crippen LogP contribution in [-0.4, -0.2) is 6.54 Å². The molecule has 0 amide bonds. The van der Waals surface area contributed by atoms with Gasteiger partial charge in [-0.3, -0.25) is 0 Å². The number of halogens is 1. The Labute approximate surface area is 90.5 Å². The van der Waals surface area contributed by atoms with E-state index in [0.29, 0.717) is 18.4 Å². The van der Waals surface area contributed by atoms with Gasteiger partial charge in [-0.05, 0) is 54.8 Å². The Morgan fingerprint density at radius 1 is 1.47 bits per heavy atom. The molecule has 82 valence electrons. The van der Waals surface area contributed by atoms with Gasteiger partial charge < -0.3 is 5.73 Å². The topological polar surface area (TPSA) is 26.0 Å². The lowest BCUT2D eigenvalue weighted by Gasteiger charge is -2.31. The number of rotatable bonds is 2. The van der Waals surface area contributed by atoms with Crippen molar-refractivity contribution in [1.29, 1.82) is 0 Å². The van der Waals surface area contributed by atoms with Crippen molar-refractivity contribution in [2.75, 3.05) is 6.54 Å². The second kappa shape index (κ2) is 4.31. The van der Waals surface area contributed by atoms with E-state index in [2.05, 4.69) is 13.0 Å². The van der Waals surface area contributed by atoms with E-state index >= 15 is 0 Å². The van der Waals surface area contributed by atoms with Gasteiger partial charge in [-0.1, -0.05) is 19.1 Å². The SMILES string of the molecule is CC1CCc2c(F)cccc2C1CCN. The van der Waals surface area contributed by atoms with Gasteiger partial charge >= 0.3 is 0 Å². The third-order valence-electron chi connectivity index (χ3n) is 3.57. The van der Waals surface area contributed by atoms with Crippen LogP contribution in [-0.2, 0) is 6.42 Å². The van der Waals surface area contributed by atoms with Crippen molar-refractivity contribution in [3.05, 3.63) is 35.1 Å². The fourth-order valence-corrected chi connectivity index (χ4v) is 2.69. The highest BCUT2D eigenvalue weighted by atomic mass is 19.1. The smallest absolute Gasteiger partial charge is 0.126 e. The van der Waals surface area contributed by atoms with Crippen molar-refractivity contribution in [1.82, 2.24) is 0 Å². The summed E-state index contributed by atoms with van der Waals surface area (Å²) in [6, 6.07) is 5.44. The molecule has 0 saturated heterocycles. The van der Waals surface area contributed by atoms with Gasteiger partial charge in [-0.15, -0.1) is 0 Å². The van der Waals surface area contributed by atoms with Crippen LogP contribution in [0.25, 0.3) is 0 Å². The quantitative estimate of drug-likeness (QED) is 0.793. The first-order valence-electron chi connectivity index (χ1n) is 5.71. The molecule has 1 aliphatic rings. The molecule has 2 heteroatoms. The summed E-state index contributed by atoms with van der Waals surface area (Å²) in [5, 5.41) is 0. The highest BCUT2D eigenvalue weighted by Crippen LogP contribution is 2.38. The molecular weight excluding hydrogens is 189 g/mol. The summed E-state index contributed by atoms with van der Waals surface area (Å²) in [4.78, 5) is 0. The van der Waals surface area contributed by atoms with Crippen molar-refractivity contribution in [3.63, 3.8) is 0 Å². The monoisotopic (exact) mass is 207 g/mol. The van der Waals surface area contributed by atoms with Gasteiger partial charge in [0.15, 0.2) is 0 Å². The molecule has 0 aliphatic heterocycles. The summed E-state index contributed by atoms with van der Waals surface area (Å²) in [6.45, 7) is 2.93. The minimum atomic E-state index is -0.0404. The van der Waals surface area contributed by atoms with Crippen molar-refractivity contribution >= 4 is 0 Å². The predicted molar refractivity (Wildman–Crippen MR) is 60.3 cm³/mol. The Morgan fingerprint density at radius 2 is 2.27 bits per heavy atom. The van der Waals surface area contributed by atoms with Crippen molar-refractivity contribution < 1.29 is 4.39 Å². The second-order valence-electron chi connectivity index (χ2n) is 4.51. The summed E-state index contributed by atoms with van der Waals surface area (Å²) < 4.78 is 13.6. The molecule has 0 aromatic heterocycles. The van der Waals surface area contributed by atoms with Crippen LogP contribution in [0.2, 0.25) is 0 Å². The van der Waals surface area contributed by atoms with E-state index in [4.69, 9.17) is 5.73 Å². The molecule has 0 bridgehead atoms. The van der Waals surface area contributed by atoms with Gasteiger partial charge in [-0.2, -0.15) is 0 Å². The molecule has 2 rings (SSSR count). The minimum Gasteiger partial charge on any atom is -0.330 e. The number of nitrogens with two attached hydrogens (primary N) is 1. The maximum absolute atomic E-state index is 13.6. The van der Waals surface area contributed by atoms with Crippen LogP contribution >= 0.6 is 0 Å². The lowest BCUT2D eigenvalue weighted by molar-refractivity contribution is 0.380. The third-order valence-corrected chi connectivity index (χ3v) is 3.57. The Balaban J connectivity index is 2.39. The first-order valence-corrected chi connectivity index (χ1v) is 5.71. The summed E-state index contributed by atoms with van der Waals surface area (Å²) in [7, 11) is 0. The van der Waals surface area contributed by atoms with Crippen LogP contribution in [0.3, 0.4) is 0 Å². The molecule has 1 nitrogen and oxygen atoms in total. The van der Waals surface area contributed by atoms with E-state index in [-0.39, 0.29) is 5.82 Å². The van der Waals surface area contributed by atoms with E-state index in [1.54, 1.807) is 6.07 Å². The Bertz CT molecular complexity index is 348. The van der Waals surface area contributed by atoms with E-state index in [9.17, 15) is 4.39 Å². The van der Waals surface area contributed by atoms with Crippen molar-refractivity contribution in [3.8, 4) is 0 Å². The maximum Gasteiger partial charge on any atom is 0.126 e. The molecule has 0 heterocycles. The molecule has 2 unspecified atom stereocenters. The molecule has 1 aromatic carbocycles. The van der Waals surface area contributed by atoms with Gasteiger partial charge in [0.05, 0.1) is 0 Å². The van der Waals surface area contributed by atoms with Crippen LogP contribution in [0.1, 0.15) is 36.8 Å². The average molecular weight is 207 g/mol. The van der Waals surface area contributed by atoms with Crippen LogP contribution < -0.4 is 5.73 Å². The van der Waals surface area contributed by atoms with Crippen LogP contribution in [0, 0.1) is 11.7 Å². The third kappa shape index (κ3) is 1.91. The van der Waals surface area contributed by atoms with Crippen LogP contribution in [0.5, 0.6) is 0 Å². The lowest BCUT2D eigenvalue weighted by atomic mass is 9.74. The molecule has 0 spiro atoms. The minimum absolute atomic E-state index is 0.0404. The predicted octanol–water partition coefficient (Wildman–Crippen LogP) is 2.84. The molecular formula is C13H18FN. The fourth-order valence-electron chi connectivity index (χ4n) is 2.69. The molecule has 1 aromatic rings. The van der Waals surface area contributed by atoms with Gasteiger partial charge in [0.25, 0.3) is 0 Å². The molecule has 0 radical (unpaired) electrons. The van der Waals surface area contributed by atoms with Gasteiger partial charge in [-0.25, -0.2) is 4.39 Å². The average Bonchev–Trinajstić information content (AvgIpc) is 2.23. The highest BCUT2D eigenvalue weighted by Gasteiger charge is 2.27. The zero-order chi connectivity index (χ0) is 10.8. The number of hydrogen-bond acceptors (Lipinski definition) is 1. The van der Waals surface area contributed by atoms with Crippen molar-refractivity contribution in [2.24, 2.45) is 11.7 Å². The van der Waals surface area contributed by atoms with Crippen LogP contribution in [0.4, 0.5) is 4.39 Å². The maximum atomic E-state index is 13.6. The molecule has 15 heavy (non-hydrogen) atoms. The standard InChI is InChI=1S/C13H18FN/c1-9-5-6-12-11(10(9)7-8-15)3-2-4-13(12)14/h2-4,9-10H,5-8,15H2,1H3. The highest BCUT2D eigenvalue weighted by molar-refractivity contribution is 5.34. The largest absolute Gasteiger partial charge is 0.330 e. The first-order chi connectivity index (χ1) is 7.24. The van der Waals surface area contributed by atoms with Gasteiger partial charge in [0.1, 0.15) is 5.82 Å². The van der Waals surface area contributed by atoms with E-state index in [1.807, 2.05) is 6.07 Å². The van der Waals surface area contributed by atoms with Crippen LogP contribution in [0.15, 0.2) is 18.2 Å². The van der Waals surface area contributed by atoms with Crippen molar-refractivity contribution in [2.45, 2.75) is 32.1 Å². The normalized spacial score (nSPS) is 25.0. The summed E-state index contributed by atoms with van der Waals surface area (Å²) >= 11 is 0. The molecule has 2 atom stereocenters. The van der Waals surface area contributed by atoms with E-state index in [0.717, 1.165) is 24.8 Å². The van der Waals surface area contributed by atoms with Gasteiger partial charge in [0, 0.05) is 0 Å². The second-order valence-corrected chi connectivity index (χ2v) is 4.51. The first kappa shape index (κ1) is 10.6. The van der Waals surface area contributed by atoms with Gasteiger partial charge in [0.2, 0.25) is 0 Å². The molecule has 2 N–H and O–H groups in total. The Kier molecular flexibility index (Phi) is 3.06. The Morgan fingerprint density at radius 3 is 3.00 bits per heavy atom. The Hall–Kier alpha value is -0.890. The fraction of sp³-hybridized carbons (Fsp3) is 0.538. The number of hydrogen-bond donors (Lipinski definition) is 1. The summed E-state index contributed by atoms with van der Waals surface area (Å²) in [6.07, 6.45) is 2.93. The summed E-state index contributed by atoms with van der Waals surface area (Å²) in [5.41, 5.74) is 7.74. The zero-order valence-corrected chi connectivity index (χ0v) is 9.17. The lowest BCUT2D eigenvalue weighted by Crippen LogP contribution is -2.21. The summed E-state index contributed by atoms with van der Waals surface area (Å²) in [5.74, 6) is 1.04.